The Balaban J connectivity index is 2.33. The summed E-state index contributed by atoms with van der Waals surface area (Å²) in [6.07, 6.45) is 13.9. The predicted molar refractivity (Wildman–Crippen MR) is 85.0 cm³/mol. The van der Waals surface area contributed by atoms with Crippen LogP contribution in [0.3, 0.4) is 0 Å². The number of hydrogen-bond donors (Lipinski definition) is 0. The molecule has 21 heavy (non-hydrogen) atoms. The van der Waals surface area contributed by atoms with Gasteiger partial charge in [0.05, 0.1) is 12.5 Å². The SMILES string of the molecule is C=CCCCC(OC(=O)CCCCCCC)c1ccoc1. The van der Waals surface area contributed by atoms with E-state index in [-0.39, 0.29) is 12.1 Å². The van der Waals surface area contributed by atoms with Crippen molar-refractivity contribution < 1.29 is 13.9 Å². The molecule has 0 saturated heterocycles. The third-order valence-corrected chi connectivity index (χ3v) is 3.55. The van der Waals surface area contributed by atoms with Gasteiger partial charge in [-0.15, -0.1) is 6.58 Å². The summed E-state index contributed by atoms with van der Waals surface area (Å²) in [6, 6.07) is 1.87. The second kappa shape index (κ2) is 11.2. The van der Waals surface area contributed by atoms with Crippen LogP contribution in [-0.4, -0.2) is 5.97 Å². The van der Waals surface area contributed by atoms with Crippen molar-refractivity contribution in [1.82, 2.24) is 0 Å². The van der Waals surface area contributed by atoms with Crippen molar-refractivity contribution in [3.8, 4) is 0 Å². The number of carbonyl (C=O) groups excluding carboxylic acids is 1. The van der Waals surface area contributed by atoms with Crippen LogP contribution in [0.2, 0.25) is 0 Å². The standard InChI is InChI=1S/C18H28O3/c1-3-5-7-8-10-12-18(19)21-17(11-9-6-4-2)16-13-14-20-15-16/h4,13-15,17H,2-3,5-12H2,1H3. The average Bonchev–Trinajstić information content (AvgIpc) is 3.00. The second-order valence-corrected chi connectivity index (χ2v) is 5.42. The number of rotatable bonds is 12. The van der Waals surface area contributed by atoms with Gasteiger partial charge in [-0.1, -0.05) is 38.7 Å². The first kappa shape index (κ1) is 17.5. The second-order valence-electron chi connectivity index (χ2n) is 5.42. The molecule has 3 heteroatoms. The fourth-order valence-electron chi connectivity index (χ4n) is 2.29. The van der Waals surface area contributed by atoms with E-state index < -0.39 is 0 Å². The van der Waals surface area contributed by atoms with Gasteiger partial charge in [0.25, 0.3) is 0 Å². The highest BCUT2D eigenvalue weighted by Gasteiger charge is 2.17. The Morgan fingerprint density at radius 3 is 2.81 bits per heavy atom. The van der Waals surface area contributed by atoms with Crippen LogP contribution in [0.5, 0.6) is 0 Å². The first-order valence-electron chi connectivity index (χ1n) is 8.10. The number of furan rings is 1. The lowest BCUT2D eigenvalue weighted by atomic mass is 10.1. The summed E-state index contributed by atoms with van der Waals surface area (Å²) in [4.78, 5) is 11.9. The van der Waals surface area contributed by atoms with Crippen LogP contribution in [0.15, 0.2) is 35.7 Å². The largest absolute Gasteiger partial charge is 0.472 e. The molecule has 1 unspecified atom stereocenters. The predicted octanol–water partition coefficient (Wildman–Crippen LogP) is 5.58. The fourth-order valence-corrected chi connectivity index (χ4v) is 2.29. The van der Waals surface area contributed by atoms with Crippen LogP contribution in [0, 0.1) is 0 Å². The van der Waals surface area contributed by atoms with Crippen LogP contribution in [0.25, 0.3) is 0 Å². The third kappa shape index (κ3) is 7.74. The fraction of sp³-hybridized carbons (Fsp3) is 0.611. The zero-order valence-electron chi connectivity index (χ0n) is 13.2. The molecule has 0 aliphatic carbocycles. The minimum absolute atomic E-state index is 0.101. The highest BCUT2D eigenvalue weighted by atomic mass is 16.5. The summed E-state index contributed by atoms with van der Waals surface area (Å²) >= 11 is 0. The lowest BCUT2D eigenvalue weighted by Gasteiger charge is -2.16. The van der Waals surface area contributed by atoms with Crippen molar-refractivity contribution in [2.75, 3.05) is 0 Å². The highest BCUT2D eigenvalue weighted by Crippen LogP contribution is 2.25. The Labute approximate surface area is 128 Å². The molecule has 0 fully saturated rings. The normalized spacial score (nSPS) is 12.0. The summed E-state index contributed by atoms with van der Waals surface area (Å²) in [7, 11) is 0. The lowest BCUT2D eigenvalue weighted by Crippen LogP contribution is -2.11. The molecule has 0 aliphatic rings. The van der Waals surface area contributed by atoms with Gasteiger partial charge >= 0.3 is 5.97 Å². The number of ether oxygens (including phenoxy) is 1. The van der Waals surface area contributed by atoms with E-state index in [0.29, 0.717) is 6.42 Å². The molecule has 0 amide bonds. The van der Waals surface area contributed by atoms with E-state index in [1.54, 1.807) is 12.5 Å². The molecule has 118 valence electrons. The molecule has 1 rings (SSSR count). The van der Waals surface area contributed by atoms with E-state index in [4.69, 9.17) is 9.15 Å². The van der Waals surface area contributed by atoms with Gasteiger partial charge in [-0.25, -0.2) is 0 Å². The molecule has 1 atom stereocenters. The molecule has 1 aromatic heterocycles. The zero-order valence-corrected chi connectivity index (χ0v) is 13.2. The average molecular weight is 292 g/mol. The molecule has 1 heterocycles. The van der Waals surface area contributed by atoms with Crippen molar-refractivity contribution in [2.45, 2.75) is 70.8 Å². The lowest BCUT2D eigenvalue weighted by molar-refractivity contribution is -0.150. The maximum atomic E-state index is 11.9. The van der Waals surface area contributed by atoms with Crippen molar-refractivity contribution in [2.24, 2.45) is 0 Å². The number of carbonyl (C=O) groups is 1. The Bertz CT molecular complexity index is 381. The van der Waals surface area contributed by atoms with Crippen molar-refractivity contribution >= 4 is 5.97 Å². The summed E-state index contributed by atoms with van der Waals surface area (Å²) in [5, 5.41) is 0. The number of unbranched alkanes of at least 4 members (excludes halogenated alkanes) is 5. The van der Waals surface area contributed by atoms with Gasteiger partial charge in [0, 0.05) is 12.0 Å². The van der Waals surface area contributed by atoms with E-state index in [1.165, 1.54) is 19.3 Å². The van der Waals surface area contributed by atoms with E-state index >= 15 is 0 Å². The van der Waals surface area contributed by atoms with E-state index in [0.717, 1.165) is 37.7 Å². The maximum Gasteiger partial charge on any atom is 0.306 e. The van der Waals surface area contributed by atoms with Gasteiger partial charge in [0.2, 0.25) is 0 Å². The molecule has 0 aromatic carbocycles. The Kier molecular flexibility index (Phi) is 9.34. The van der Waals surface area contributed by atoms with E-state index in [9.17, 15) is 4.79 Å². The zero-order chi connectivity index (χ0) is 15.3. The van der Waals surface area contributed by atoms with Gasteiger partial charge in [-0.3, -0.25) is 4.79 Å². The number of hydrogen-bond acceptors (Lipinski definition) is 3. The Morgan fingerprint density at radius 1 is 1.33 bits per heavy atom. The molecular weight excluding hydrogens is 264 g/mol. The molecular formula is C18H28O3. The van der Waals surface area contributed by atoms with Gasteiger partial charge in [0.15, 0.2) is 0 Å². The Morgan fingerprint density at radius 2 is 2.14 bits per heavy atom. The van der Waals surface area contributed by atoms with Gasteiger partial charge < -0.3 is 9.15 Å². The molecule has 0 spiro atoms. The van der Waals surface area contributed by atoms with Crippen molar-refractivity contribution in [3.05, 3.63) is 36.8 Å². The van der Waals surface area contributed by atoms with Crippen LogP contribution in [-0.2, 0) is 9.53 Å². The van der Waals surface area contributed by atoms with Crippen molar-refractivity contribution in [3.63, 3.8) is 0 Å². The maximum absolute atomic E-state index is 11.9. The topological polar surface area (TPSA) is 39.4 Å². The van der Waals surface area contributed by atoms with Gasteiger partial charge in [0.1, 0.15) is 6.10 Å². The molecule has 3 nitrogen and oxygen atoms in total. The first-order valence-corrected chi connectivity index (χ1v) is 8.10. The molecule has 0 saturated carbocycles. The summed E-state index contributed by atoms with van der Waals surface area (Å²) in [5.74, 6) is -0.101. The summed E-state index contributed by atoms with van der Waals surface area (Å²) < 4.78 is 10.7. The minimum atomic E-state index is -0.188. The molecule has 0 N–H and O–H groups in total. The third-order valence-electron chi connectivity index (χ3n) is 3.55. The Hall–Kier alpha value is -1.51. The van der Waals surface area contributed by atoms with Gasteiger partial charge in [-0.2, -0.15) is 0 Å². The molecule has 0 radical (unpaired) electrons. The molecule has 0 bridgehead atoms. The summed E-state index contributed by atoms with van der Waals surface area (Å²) in [6.45, 7) is 5.91. The smallest absolute Gasteiger partial charge is 0.306 e. The quantitative estimate of drug-likeness (QED) is 0.287. The monoisotopic (exact) mass is 292 g/mol. The molecule has 0 aliphatic heterocycles. The minimum Gasteiger partial charge on any atom is -0.472 e. The first-order chi connectivity index (χ1) is 10.3. The van der Waals surface area contributed by atoms with E-state index in [1.807, 2.05) is 12.1 Å². The van der Waals surface area contributed by atoms with Gasteiger partial charge in [-0.05, 0) is 31.7 Å². The molecule has 1 aromatic rings. The van der Waals surface area contributed by atoms with Crippen LogP contribution < -0.4 is 0 Å². The summed E-state index contributed by atoms with van der Waals surface area (Å²) in [5.41, 5.74) is 0.943. The van der Waals surface area contributed by atoms with Crippen LogP contribution in [0.1, 0.15) is 76.4 Å². The van der Waals surface area contributed by atoms with E-state index in [2.05, 4.69) is 13.5 Å². The van der Waals surface area contributed by atoms with Crippen LogP contribution >= 0.6 is 0 Å². The van der Waals surface area contributed by atoms with Crippen LogP contribution in [0.4, 0.5) is 0 Å². The number of esters is 1. The van der Waals surface area contributed by atoms with Crippen molar-refractivity contribution in [1.29, 1.82) is 0 Å². The highest BCUT2D eigenvalue weighted by molar-refractivity contribution is 5.69. The number of allylic oxidation sites excluding steroid dienone is 1.